The average Bonchev–Trinajstić information content (AvgIpc) is 2.96. The number of oxazole rings is 1. The summed E-state index contributed by atoms with van der Waals surface area (Å²) in [5.41, 5.74) is 3.88. The van der Waals surface area contributed by atoms with Gasteiger partial charge in [0.1, 0.15) is 0 Å². The Morgan fingerprint density at radius 1 is 1.14 bits per heavy atom. The van der Waals surface area contributed by atoms with Crippen LogP contribution in [0, 0.1) is 20.8 Å². The predicted molar refractivity (Wildman–Crippen MR) is 85.3 cm³/mol. The van der Waals surface area contributed by atoms with Gasteiger partial charge < -0.3 is 14.2 Å². The summed E-state index contributed by atoms with van der Waals surface area (Å²) in [5.74, 6) is 0.788. The molecule has 0 N–H and O–H groups in total. The molecule has 5 heteroatoms. The zero-order chi connectivity index (χ0) is 15.7. The summed E-state index contributed by atoms with van der Waals surface area (Å²) < 4.78 is 5.33. The van der Waals surface area contributed by atoms with Gasteiger partial charge in [-0.15, -0.1) is 0 Å². The number of benzene rings is 1. The third kappa shape index (κ3) is 2.71. The molecule has 0 spiro atoms. The van der Waals surface area contributed by atoms with Gasteiger partial charge in [0.25, 0.3) is 5.91 Å². The van der Waals surface area contributed by atoms with Crippen LogP contribution in [-0.4, -0.2) is 42.0 Å². The van der Waals surface area contributed by atoms with E-state index in [0.29, 0.717) is 24.7 Å². The molecular formula is C17H21N3O2. The molecule has 1 fully saturated rings. The van der Waals surface area contributed by atoms with Crippen LogP contribution in [0.15, 0.2) is 28.8 Å². The van der Waals surface area contributed by atoms with Crippen molar-refractivity contribution in [2.75, 3.05) is 31.1 Å². The predicted octanol–water partition coefficient (Wildman–Crippen LogP) is 2.56. The molecular weight excluding hydrogens is 278 g/mol. The summed E-state index contributed by atoms with van der Waals surface area (Å²) in [4.78, 5) is 20.5. The first-order chi connectivity index (χ1) is 10.6. The van der Waals surface area contributed by atoms with Crippen LogP contribution in [0.4, 0.5) is 5.69 Å². The minimum absolute atomic E-state index is 0.0683. The molecule has 2 heterocycles. The average molecular weight is 299 g/mol. The highest BCUT2D eigenvalue weighted by Gasteiger charge is 2.25. The SMILES string of the molecule is Cc1ncc(C(=O)N2CCN(c3cccc(C)c3C)CC2)o1. The van der Waals surface area contributed by atoms with Crippen molar-refractivity contribution < 1.29 is 9.21 Å². The van der Waals surface area contributed by atoms with Crippen LogP contribution >= 0.6 is 0 Å². The van der Waals surface area contributed by atoms with Crippen molar-refractivity contribution in [2.24, 2.45) is 0 Å². The summed E-state index contributed by atoms with van der Waals surface area (Å²) in [6, 6.07) is 6.37. The van der Waals surface area contributed by atoms with Gasteiger partial charge in [0.15, 0.2) is 5.89 Å². The molecule has 1 saturated heterocycles. The Labute approximate surface area is 130 Å². The molecule has 1 amide bonds. The largest absolute Gasteiger partial charge is 0.436 e. The van der Waals surface area contributed by atoms with E-state index in [4.69, 9.17) is 4.42 Å². The van der Waals surface area contributed by atoms with E-state index in [1.54, 1.807) is 6.92 Å². The summed E-state index contributed by atoms with van der Waals surface area (Å²) in [5, 5.41) is 0. The number of hydrogen-bond acceptors (Lipinski definition) is 4. The minimum Gasteiger partial charge on any atom is -0.436 e. The molecule has 5 nitrogen and oxygen atoms in total. The first-order valence-corrected chi connectivity index (χ1v) is 7.59. The van der Waals surface area contributed by atoms with Gasteiger partial charge in [-0.25, -0.2) is 4.98 Å². The second-order valence-corrected chi connectivity index (χ2v) is 5.74. The fourth-order valence-electron chi connectivity index (χ4n) is 2.84. The first-order valence-electron chi connectivity index (χ1n) is 7.59. The molecule has 0 atom stereocenters. The second-order valence-electron chi connectivity index (χ2n) is 5.74. The quantitative estimate of drug-likeness (QED) is 0.855. The normalized spacial score (nSPS) is 15.2. The molecule has 0 saturated carbocycles. The molecule has 1 aliphatic heterocycles. The Hall–Kier alpha value is -2.30. The van der Waals surface area contributed by atoms with Crippen LogP contribution in [0.5, 0.6) is 0 Å². The van der Waals surface area contributed by atoms with E-state index < -0.39 is 0 Å². The zero-order valence-electron chi connectivity index (χ0n) is 13.3. The molecule has 0 aliphatic carbocycles. The van der Waals surface area contributed by atoms with Gasteiger partial charge in [-0.2, -0.15) is 0 Å². The van der Waals surface area contributed by atoms with Gasteiger partial charge in [-0.05, 0) is 31.0 Å². The zero-order valence-corrected chi connectivity index (χ0v) is 13.3. The molecule has 0 bridgehead atoms. The molecule has 116 valence electrons. The van der Waals surface area contributed by atoms with Crippen LogP contribution in [0.2, 0.25) is 0 Å². The standard InChI is InChI=1S/C17H21N3O2/c1-12-5-4-6-15(13(12)2)19-7-9-20(10-8-19)17(21)16-11-18-14(3)22-16/h4-6,11H,7-10H2,1-3H3. The first kappa shape index (κ1) is 14.6. The lowest BCUT2D eigenvalue weighted by Crippen LogP contribution is -2.49. The van der Waals surface area contributed by atoms with E-state index in [1.165, 1.54) is 23.0 Å². The van der Waals surface area contributed by atoms with Crippen LogP contribution < -0.4 is 4.90 Å². The maximum absolute atomic E-state index is 12.4. The fraction of sp³-hybridized carbons (Fsp3) is 0.412. The van der Waals surface area contributed by atoms with E-state index in [0.717, 1.165) is 13.1 Å². The van der Waals surface area contributed by atoms with Crippen molar-refractivity contribution in [3.63, 3.8) is 0 Å². The summed E-state index contributed by atoms with van der Waals surface area (Å²) in [6.07, 6.45) is 1.51. The lowest BCUT2D eigenvalue weighted by molar-refractivity contribution is 0.0713. The van der Waals surface area contributed by atoms with E-state index in [2.05, 4.69) is 41.9 Å². The smallest absolute Gasteiger partial charge is 0.291 e. The molecule has 1 aliphatic rings. The summed E-state index contributed by atoms with van der Waals surface area (Å²) in [6.45, 7) is 9.10. The lowest BCUT2D eigenvalue weighted by Gasteiger charge is -2.36. The van der Waals surface area contributed by atoms with Gasteiger partial charge in [-0.1, -0.05) is 12.1 Å². The lowest BCUT2D eigenvalue weighted by atomic mass is 10.1. The van der Waals surface area contributed by atoms with E-state index in [-0.39, 0.29) is 5.91 Å². The number of rotatable bonds is 2. The third-order valence-electron chi connectivity index (χ3n) is 4.32. The molecule has 22 heavy (non-hydrogen) atoms. The second kappa shape index (κ2) is 5.83. The Bertz CT molecular complexity index is 685. The van der Waals surface area contributed by atoms with Crippen molar-refractivity contribution in [2.45, 2.75) is 20.8 Å². The number of anilines is 1. The van der Waals surface area contributed by atoms with Crippen LogP contribution in [-0.2, 0) is 0 Å². The highest BCUT2D eigenvalue weighted by atomic mass is 16.4. The van der Waals surface area contributed by atoms with Crippen LogP contribution in [0.25, 0.3) is 0 Å². The maximum atomic E-state index is 12.4. The van der Waals surface area contributed by atoms with E-state index in [9.17, 15) is 4.79 Å². The maximum Gasteiger partial charge on any atom is 0.291 e. The molecule has 1 aromatic heterocycles. The Morgan fingerprint density at radius 2 is 1.86 bits per heavy atom. The number of amides is 1. The highest BCUT2D eigenvalue weighted by Crippen LogP contribution is 2.24. The molecule has 0 radical (unpaired) electrons. The van der Waals surface area contributed by atoms with Crippen molar-refractivity contribution in [3.05, 3.63) is 47.2 Å². The van der Waals surface area contributed by atoms with Gasteiger partial charge in [0, 0.05) is 38.8 Å². The molecule has 1 aromatic carbocycles. The topological polar surface area (TPSA) is 49.6 Å². The van der Waals surface area contributed by atoms with Crippen molar-refractivity contribution in [3.8, 4) is 0 Å². The van der Waals surface area contributed by atoms with Gasteiger partial charge in [0.05, 0.1) is 6.20 Å². The highest BCUT2D eigenvalue weighted by molar-refractivity contribution is 5.91. The summed E-state index contributed by atoms with van der Waals surface area (Å²) in [7, 11) is 0. The van der Waals surface area contributed by atoms with Gasteiger partial charge in [-0.3, -0.25) is 4.79 Å². The Kier molecular flexibility index (Phi) is 3.88. The molecule has 3 rings (SSSR count). The number of carbonyl (C=O) groups is 1. The summed E-state index contributed by atoms with van der Waals surface area (Å²) >= 11 is 0. The Balaban J connectivity index is 1.67. The number of piperazine rings is 1. The molecule has 0 unspecified atom stereocenters. The number of carbonyl (C=O) groups excluding carboxylic acids is 1. The van der Waals surface area contributed by atoms with E-state index in [1.807, 2.05) is 4.90 Å². The van der Waals surface area contributed by atoms with Crippen molar-refractivity contribution in [1.29, 1.82) is 0 Å². The number of aromatic nitrogens is 1. The monoisotopic (exact) mass is 299 g/mol. The minimum atomic E-state index is -0.0683. The van der Waals surface area contributed by atoms with Crippen molar-refractivity contribution in [1.82, 2.24) is 9.88 Å². The van der Waals surface area contributed by atoms with Crippen LogP contribution in [0.1, 0.15) is 27.6 Å². The van der Waals surface area contributed by atoms with Gasteiger partial charge >= 0.3 is 0 Å². The number of nitrogens with zero attached hydrogens (tertiary/aromatic N) is 3. The molecule has 2 aromatic rings. The van der Waals surface area contributed by atoms with Crippen LogP contribution in [0.3, 0.4) is 0 Å². The van der Waals surface area contributed by atoms with Crippen molar-refractivity contribution >= 4 is 11.6 Å². The fourth-order valence-corrected chi connectivity index (χ4v) is 2.84. The number of aryl methyl sites for hydroxylation is 2. The van der Waals surface area contributed by atoms with E-state index >= 15 is 0 Å². The number of hydrogen-bond donors (Lipinski definition) is 0. The van der Waals surface area contributed by atoms with Gasteiger partial charge in [0.2, 0.25) is 5.76 Å². The third-order valence-corrected chi connectivity index (χ3v) is 4.32. The Morgan fingerprint density at radius 3 is 2.50 bits per heavy atom.